The van der Waals surface area contributed by atoms with Crippen molar-refractivity contribution in [1.82, 2.24) is 10.3 Å². The predicted octanol–water partition coefficient (Wildman–Crippen LogP) is 3.78. The molecule has 2 heterocycles. The smallest absolute Gasteiger partial charge is 0.220 e. The Morgan fingerprint density at radius 1 is 1.39 bits per heavy atom. The van der Waals surface area contributed by atoms with E-state index in [1.807, 2.05) is 23.7 Å². The summed E-state index contributed by atoms with van der Waals surface area (Å²) in [6.07, 6.45) is 3.87. The number of hydrogen-bond acceptors (Lipinski definition) is 4. The van der Waals surface area contributed by atoms with Gasteiger partial charge < -0.3 is 10.2 Å². The number of aromatic nitrogens is 1. The van der Waals surface area contributed by atoms with E-state index in [4.69, 9.17) is 23.2 Å². The summed E-state index contributed by atoms with van der Waals surface area (Å²) in [6.45, 7) is 1.76. The first kappa shape index (κ1) is 16.6. The van der Waals surface area contributed by atoms with Crippen LogP contribution in [0.1, 0.15) is 18.4 Å². The van der Waals surface area contributed by atoms with E-state index < -0.39 is 0 Å². The Balaban J connectivity index is 1.45. The number of nitrogens with one attached hydrogen (secondary N) is 1. The van der Waals surface area contributed by atoms with Gasteiger partial charge in [-0.2, -0.15) is 0 Å². The number of rotatable bonds is 5. The van der Waals surface area contributed by atoms with Crippen molar-refractivity contribution in [3.63, 3.8) is 0 Å². The zero-order chi connectivity index (χ0) is 16.2. The van der Waals surface area contributed by atoms with Gasteiger partial charge in [0.15, 0.2) is 5.13 Å². The van der Waals surface area contributed by atoms with Crippen LogP contribution in [0.3, 0.4) is 0 Å². The summed E-state index contributed by atoms with van der Waals surface area (Å²) in [7, 11) is 0. The van der Waals surface area contributed by atoms with Crippen molar-refractivity contribution in [3.05, 3.63) is 45.4 Å². The van der Waals surface area contributed by atoms with E-state index in [1.54, 1.807) is 17.4 Å². The molecule has 7 heteroatoms. The highest BCUT2D eigenvalue weighted by atomic mass is 35.5. The van der Waals surface area contributed by atoms with Gasteiger partial charge in [-0.25, -0.2) is 4.98 Å². The van der Waals surface area contributed by atoms with E-state index in [9.17, 15) is 4.79 Å². The quantitative estimate of drug-likeness (QED) is 0.871. The third kappa shape index (κ3) is 4.37. The maximum absolute atomic E-state index is 12.1. The SMILES string of the molecule is O=C(CCc1ccc(Cl)c(Cl)c1)NC1CCN(c2nccs2)C1. The second kappa shape index (κ2) is 7.51. The Kier molecular flexibility index (Phi) is 5.41. The van der Waals surface area contributed by atoms with Crippen LogP contribution >= 0.6 is 34.5 Å². The topological polar surface area (TPSA) is 45.2 Å². The van der Waals surface area contributed by atoms with Gasteiger partial charge in [0, 0.05) is 37.1 Å². The van der Waals surface area contributed by atoms with Crippen molar-refractivity contribution < 1.29 is 4.79 Å². The van der Waals surface area contributed by atoms with Gasteiger partial charge in [0.05, 0.1) is 10.0 Å². The van der Waals surface area contributed by atoms with Gasteiger partial charge in [-0.3, -0.25) is 4.79 Å². The minimum absolute atomic E-state index is 0.0714. The molecule has 2 aromatic rings. The Hall–Kier alpha value is -1.30. The summed E-state index contributed by atoms with van der Waals surface area (Å²) in [5.74, 6) is 0.0714. The molecule has 0 saturated carbocycles. The Labute approximate surface area is 149 Å². The van der Waals surface area contributed by atoms with Gasteiger partial charge in [-0.1, -0.05) is 29.3 Å². The fraction of sp³-hybridized carbons (Fsp3) is 0.375. The van der Waals surface area contributed by atoms with Crippen molar-refractivity contribution in [2.75, 3.05) is 18.0 Å². The van der Waals surface area contributed by atoms with Crippen LogP contribution in [0.25, 0.3) is 0 Å². The summed E-state index contributed by atoms with van der Waals surface area (Å²) in [5.41, 5.74) is 1.02. The molecular weight excluding hydrogens is 353 g/mol. The number of nitrogens with zero attached hydrogens (tertiary/aromatic N) is 2. The van der Waals surface area contributed by atoms with Crippen LogP contribution < -0.4 is 10.2 Å². The minimum atomic E-state index is 0.0714. The Morgan fingerprint density at radius 3 is 3.00 bits per heavy atom. The largest absolute Gasteiger partial charge is 0.352 e. The zero-order valence-electron chi connectivity index (χ0n) is 12.5. The molecule has 1 fully saturated rings. The van der Waals surface area contributed by atoms with Crippen molar-refractivity contribution in [2.45, 2.75) is 25.3 Å². The molecule has 1 amide bonds. The molecular formula is C16H17Cl2N3OS. The summed E-state index contributed by atoms with van der Waals surface area (Å²) < 4.78 is 0. The molecule has 0 bridgehead atoms. The minimum Gasteiger partial charge on any atom is -0.352 e. The van der Waals surface area contributed by atoms with Crippen molar-refractivity contribution >= 4 is 45.6 Å². The lowest BCUT2D eigenvalue weighted by Crippen LogP contribution is -2.37. The first-order valence-electron chi connectivity index (χ1n) is 7.49. The van der Waals surface area contributed by atoms with E-state index in [0.29, 0.717) is 22.9 Å². The summed E-state index contributed by atoms with van der Waals surface area (Å²) in [6, 6.07) is 5.68. The molecule has 4 nitrogen and oxygen atoms in total. The number of hydrogen-bond donors (Lipinski definition) is 1. The van der Waals surface area contributed by atoms with Crippen molar-refractivity contribution in [1.29, 1.82) is 0 Å². The fourth-order valence-corrected chi connectivity index (χ4v) is 3.68. The average molecular weight is 370 g/mol. The normalized spacial score (nSPS) is 17.5. The monoisotopic (exact) mass is 369 g/mol. The fourth-order valence-electron chi connectivity index (χ4n) is 2.68. The molecule has 1 aliphatic rings. The van der Waals surface area contributed by atoms with E-state index in [2.05, 4.69) is 15.2 Å². The van der Waals surface area contributed by atoms with Crippen LogP contribution in [0.15, 0.2) is 29.8 Å². The van der Waals surface area contributed by atoms with Gasteiger partial charge in [-0.15, -0.1) is 11.3 Å². The van der Waals surface area contributed by atoms with Gasteiger partial charge >= 0.3 is 0 Å². The highest BCUT2D eigenvalue weighted by molar-refractivity contribution is 7.13. The number of carbonyl (C=O) groups excluding carboxylic acids is 1. The van der Waals surface area contributed by atoms with Crippen LogP contribution in [0, 0.1) is 0 Å². The standard InChI is InChI=1S/C16H17Cl2N3OS/c17-13-3-1-11(9-14(13)18)2-4-15(22)20-12-5-7-21(10-12)16-19-6-8-23-16/h1,3,6,8-9,12H,2,4-5,7,10H2,(H,20,22). The first-order valence-corrected chi connectivity index (χ1v) is 9.13. The molecule has 1 unspecified atom stereocenters. The van der Waals surface area contributed by atoms with Gasteiger partial charge in [0.1, 0.15) is 0 Å². The zero-order valence-corrected chi connectivity index (χ0v) is 14.8. The van der Waals surface area contributed by atoms with Crippen LogP contribution in [-0.4, -0.2) is 30.0 Å². The molecule has 0 radical (unpaired) electrons. The van der Waals surface area contributed by atoms with E-state index in [-0.39, 0.29) is 11.9 Å². The van der Waals surface area contributed by atoms with Crippen molar-refractivity contribution in [3.8, 4) is 0 Å². The van der Waals surface area contributed by atoms with E-state index in [1.165, 1.54) is 0 Å². The lowest BCUT2D eigenvalue weighted by molar-refractivity contribution is -0.121. The number of amides is 1. The van der Waals surface area contributed by atoms with E-state index in [0.717, 1.165) is 30.2 Å². The van der Waals surface area contributed by atoms with Gasteiger partial charge in [-0.05, 0) is 30.5 Å². The summed E-state index contributed by atoms with van der Waals surface area (Å²) in [5, 5.41) is 7.16. The maximum atomic E-state index is 12.1. The number of anilines is 1. The van der Waals surface area contributed by atoms with Crippen LogP contribution in [0.2, 0.25) is 10.0 Å². The van der Waals surface area contributed by atoms with Crippen LogP contribution in [-0.2, 0) is 11.2 Å². The second-order valence-electron chi connectivity index (χ2n) is 5.56. The molecule has 1 N–H and O–H groups in total. The molecule has 0 aliphatic carbocycles. The van der Waals surface area contributed by atoms with E-state index >= 15 is 0 Å². The third-order valence-electron chi connectivity index (χ3n) is 3.87. The lowest BCUT2D eigenvalue weighted by atomic mass is 10.1. The van der Waals surface area contributed by atoms with Crippen LogP contribution in [0.4, 0.5) is 5.13 Å². The highest BCUT2D eigenvalue weighted by Gasteiger charge is 2.25. The molecule has 1 aliphatic heterocycles. The van der Waals surface area contributed by atoms with Gasteiger partial charge in [0.2, 0.25) is 5.91 Å². The molecule has 0 spiro atoms. The van der Waals surface area contributed by atoms with Crippen molar-refractivity contribution in [2.24, 2.45) is 0 Å². The number of benzene rings is 1. The van der Waals surface area contributed by atoms with Gasteiger partial charge in [0.25, 0.3) is 0 Å². The molecule has 3 rings (SSSR count). The number of carbonyl (C=O) groups is 1. The number of aryl methyl sites for hydroxylation is 1. The first-order chi connectivity index (χ1) is 11.1. The number of halogens is 2. The molecule has 23 heavy (non-hydrogen) atoms. The predicted molar refractivity (Wildman–Crippen MR) is 95.7 cm³/mol. The maximum Gasteiger partial charge on any atom is 0.220 e. The number of thiazole rings is 1. The molecule has 1 aromatic heterocycles. The highest BCUT2D eigenvalue weighted by Crippen LogP contribution is 2.24. The molecule has 1 saturated heterocycles. The lowest BCUT2D eigenvalue weighted by Gasteiger charge is -2.15. The molecule has 1 aromatic carbocycles. The average Bonchev–Trinajstić information content (AvgIpc) is 3.19. The molecule has 122 valence electrons. The second-order valence-corrected chi connectivity index (χ2v) is 7.25. The third-order valence-corrected chi connectivity index (χ3v) is 5.44. The summed E-state index contributed by atoms with van der Waals surface area (Å²) >= 11 is 13.5. The summed E-state index contributed by atoms with van der Waals surface area (Å²) in [4.78, 5) is 18.6. The van der Waals surface area contributed by atoms with Crippen LogP contribution in [0.5, 0.6) is 0 Å². The Bertz CT molecular complexity index is 678. The molecule has 1 atom stereocenters. The Morgan fingerprint density at radius 2 is 2.26 bits per heavy atom.